The molecule has 1 aliphatic heterocycles. The van der Waals surface area contributed by atoms with E-state index in [9.17, 15) is 18.0 Å². The predicted octanol–water partition coefficient (Wildman–Crippen LogP) is 0.166. The fourth-order valence-electron chi connectivity index (χ4n) is 3.52. The van der Waals surface area contributed by atoms with Gasteiger partial charge < -0.3 is 4.90 Å². The van der Waals surface area contributed by atoms with Crippen LogP contribution < -0.4 is 5.56 Å². The number of H-pyrrole nitrogens is 1. The van der Waals surface area contributed by atoms with Crippen molar-refractivity contribution in [2.24, 2.45) is 0 Å². The van der Waals surface area contributed by atoms with Crippen molar-refractivity contribution >= 4 is 21.3 Å². The molecule has 0 atom stereocenters. The number of nitrogens with zero attached hydrogens (tertiary/aromatic N) is 5. The molecule has 3 aromatic rings. The third kappa shape index (κ3) is 3.11. The number of likely N-dealkylation sites (tertiary alicyclic amines) is 1. The van der Waals surface area contributed by atoms with Gasteiger partial charge in [0.05, 0.1) is 22.7 Å². The second-order valence-corrected chi connectivity index (χ2v) is 9.32. The monoisotopic (exact) mass is 404 g/mol. The van der Waals surface area contributed by atoms with Crippen LogP contribution in [0.25, 0.3) is 11.5 Å². The van der Waals surface area contributed by atoms with E-state index >= 15 is 0 Å². The molecule has 28 heavy (non-hydrogen) atoms. The van der Waals surface area contributed by atoms with E-state index in [0.29, 0.717) is 42.7 Å². The van der Waals surface area contributed by atoms with Crippen LogP contribution >= 0.6 is 0 Å². The van der Waals surface area contributed by atoms with Gasteiger partial charge in [-0.3, -0.25) is 14.6 Å². The smallest absolute Gasteiger partial charge is 0.276 e. The minimum atomic E-state index is -3.10. The van der Waals surface area contributed by atoms with E-state index in [2.05, 4.69) is 15.2 Å². The molecule has 148 valence electrons. The topological polar surface area (TPSA) is 122 Å². The zero-order valence-electron chi connectivity index (χ0n) is 15.5. The minimum Gasteiger partial charge on any atom is -0.338 e. The number of aromatic amines is 1. The number of hydrogen-bond donors (Lipinski definition) is 1. The first-order chi connectivity index (χ1) is 13.3. The lowest BCUT2D eigenvalue weighted by atomic mass is 10.1. The van der Waals surface area contributed by atoms with E-state index in [1.54, 1.807) is 30.2 Å². The number of sulfone groups is 1. The number of piperidine rings is 1. The van der Waals surface area contributed by atoms with Crippen LogP contribution in [0.1, 0.15) is 28.9 Å². The van der Waals surface area contributed by atoms with Gasteiger partial charge in [-0.2, -0.15) is 5.10 Å². The van der Waals surface area contributed by atoms with Crippen LogP contribution in [0.4, 0.5) is 0 Å². The Labute approximate surface area is 160 Å². The predicted molar refractivity (Wildman–Crippen MR) is 101 cm³/mol. The van der Waals surface area contributed by atoms with Gasteiger partial charge in [-0.05, 0) is 31.9 Å². The van der Waals surface area contributed by atoms with Crippen molar-refractivity contribution in [1.29, 1.82) is 0 Å². The van der Waals surface area contributed by atoms with E-state index in [1.165, 1.54) is 21.6 Å². The SMILES string of the molecule is Cc1c(C(=O)N2CCC(S(C)(=O)=O)CC2)cnn1-c1nn2cccc2c(=O)[nH]1. The van der Waals surface area contributed by atoms with Gasteiger partial charge in [-0.15, -0.1) is 5.10 Å². The van der Waals surface area contributed by atoms with Crippen molar-refractivity contribution < 1.29 is 13.2 Å². The lowest BCUT2D eigenvalue weighted by Gasteiger charge is -2.31. The summed E-state index contributed by atoms with van der Waals surface area (Å²) in [5, 5.41) is 8.13. The molecule has 0 aromatic carbocycles. The fraction of sp³-hybridized carbons (Fsp3) is 0.412. The zero-order chi connectivity index (χ0) is 20.1. The highest BCUT2D eigenvalue weighted by atomic mass is 32.2. The summed E-state index contributed by atoms with van der Waals surface area (Å²) >= 11 is 0. The minimum absolute atomic E-state index is 0.208. The molecule has 0 spiro atoms. The summed E-state index contributed by atoms with van der Waals surface area (Å²) in [7, 11) is -3.10. The standard InChI is InChI=1S/C17H20N6O4S/c1-11-13(16(25)21-8-5-12(6-9-21)28(2,26)27)10-18-23(11)17-19-15(24)14-4-3-7-22(14)20-17/h3-4,7,10,12H,5-6,8-9H2,1-2H3,(H,19,20,24). The molecular formula is C17H20N6O4S. The third-order valence-electron chi connectivity index (χ3n) is 5.16. The Morgan fingerprint density at radius 1 is 1.29 bits per heavy atom. The average Bonchev–Trinajstić information content (AvgIpc) is 3.27. The van der Waals surface area contributed by atoms with Crippen LogP contribution in [0.2, 0.25) is 0 Å². The largest absolute Gasteiger partial charge is 0.338 e. The second-order valence-electron chi connectivity index (χ2n) is 6.99. The molecule has 0 saturated carbocycles. The maximum atomic E-state index is 12.9. The maximum Gasteiger partial charge on any atom is 0.276 e. The summed E-state index contributed by atoms with van der Waals surface area (Å²) < 4.78 is 26.3. The van der Waals surface area contributed by atoms with Gasteiger partial charge in [-0.1, -0.05) is 0 Å². The zero-order valence-corrected chi connectivity index (χ0v) is 16.3. The van der Waals surface area contributed by atoms with Gasteiger partial charge >= 0.3 is 0 Å². The summed E-state index contributed by atoms with van der Waals surface area (Å²) in [5.41, 5.74) is 1.05. The van der Waals surface area contributed by atoms with E-state index in [0.717, 1.165) is 0 Å². The third-order valence-corrected chi connectivity index (χ3v) is 6.85. The molecule has 1 amide bonds. The summed E-state index contributed by atoms with van der Waals surface area (Å²) in [6, 6.07) is 3.37. The van der Waals surface area contributed by atoms with Gasteiger partial charge in [0.2, 0.25) is 5.95 Å². The van der Waals surface area contributed by atoms with E-state index < -0.39 is 15.1 Å². The lowest BCUT2D eigenvalue weighted by Crippen LogP contribution is -2.42. The van der Waals surface area contributed by atoms with E-state index in [4.69, 9.17) is 0 Å². The molecule has 0 bridgehead atoms. The van der Waals surface area contributed by atoms with Crippen molar-refractivity contribution in [1.82, 2.24) is 29.3 Å². The molecule has 0 radical (unpaired) electrons. The first kappa shape index (κ1) is 18.4. The quantitative estimate of drug-likeness (QED) is 0.664. The Kier molecular flexibility index (Phi) is 4.33. The number of carbonyl (C=O) groups excluding carboxylic acids is 1. The van der Waals surface area contributed by atoms with Crippen LogP contribution in [0.15, 0.2) is 29.3 Å². The molecule has 0 aliphatic carbocycles. The van der Waals surface area contributed by atoms with Gasteiger partial charge in [0.1, 0.15) is 15.4 Å². The van der Waals surface area contributed by atoms with E-state index in [-0.39, 0.29) is 17.4 Å². The lowest BCUT2D eigenvalue weighted by molar-refractivity contribution is 0.0725. The van der Waals surface area contributed by atoms with Crippen LogP contribution in [0.3, 0.4) is 0 Å². The molecule has 10 nitrogen and oxygen atoms in total. The maximum absolute atomic E-state index is 12.9. The molecule has 1 N–H and O–H groups in total. The molecule has 11 heteroatoms. The fourth-order valence-corrected chi connectivity index (χ4v) is 4.58. The van der Waals surface area contributed by atoms with Gasteiger partial charge in [0.15, 0.2) is 0 Å². The summed E-state index contributed by atoms with van der Waals surface area (Å²) in [5.74, 6) is 0.00104. The Morgan fingerprint density at radius 3 is 2.68 bits per heavy atom. The normalized spacial score (nSPS) is 16.0. The van der Waals surface area contributed by atoms with Gasteiger partial charge in [-0.25, -0.2) is 17.6 Å². The van der Waals surface area contributed by atoms with Crippen molar-refractivity contribution in [2.75, 3.05) is 19.3 Å². The number of nitrogens with one attached hydrogen (secondary N) is 1. The van der Waals surface area contributed by atoms with E-state index in [1.807, 2.05) is 0 Å². The molecule has 3 aromatic heterocycles. The molecule has 1 saturated heterocycles. The highest BCUT2D eigenvalue weighted by Gasteiger charge is 2.30. The van der Waals surface area contributed by atoms with Crippen molar-refractivity contribution in [3.8, 4) is 5.95 Å². The van der Waals surface area contributed by atoms with Crippen LogP contribution in [0, 0.1) is 6.92 Å². The van der Waals surface area contributed by atoms with Gasteiger partial charge in [0.25, 0.3) is 11.5 Å². The first-order valence-corrected chi connectivity index (χ1v) is 10.8. The molecule has 0 unspecified atom stereocenters. The highest BCUT2D eigenvalue weighted by Crippen LogP contribution is 2.20. The molecule has 1 fully saturated rings. The van der Waals surface area contributed by atoms with Crippen molar-refractivity contribution in [3.05, 3.63) is 46.1 Å². The highest BCUT2D eigenvalue weighted by molar-refractivity contribution is 7.91. The second kappa shape index (κ2) is 6.59. The number of amides is 1. The summed E-state index contributed by atoms with van der Waals surface area (Å²) in [6.07, 6.45) is 5.19. The number of aromatic nitrogens is 5. The number of hydrogen-bond acceptors (Lipinski definition) is 6. The van der Waals surface area contributed by atoms with Crippen LogP contribution in [-0.4, -0.2) is 68.2 Å². The molecule has 4 heterocycles. The molecule has 1 aliphatic rings. The Hall–Kier alpha value is -2.95. The average molecular weight is 404 g/mol. The summed E-state index contributed by atoms with van der Waals surface area (Å²) in [4.78, 5) is 29.4. The Morgan fingerprint density at radius 2 is 2.00 bits per heavy atom. The summed E-state index contributed by atoms with van der Waals surface area (Å²) in [6.45, 7) is 2.49. The van der Waals surface area contributed by atoms with Crippen LogP contribution in [-0.2, 0) is 9.84 Å². The van der Waals surface area contributed by atoms with Crippen molar-refractivity contribution in [3.63, 3.8) is 0 Å². The molecular weight excluding hydrogens is 384 g/mol. The number of carbonyl (C=O) groups is 1. The van der Waals surface area contributed by atoms with Crippen LogP contribution in [0.5, 0.6) is 0 Å². The van der Waals surface area contributed by atoms with Gasteiger partial charge in [0, 0.05) is 25.5 Å². The Bertz CT molecular complexity index is 1210. The Balaban J connectivity index is 1.60. The van der Waals surface area contributed by atoms with Crippen molar-refractivity contribution in [2.45, 2.75) is 25.0 Å². The number of rotatable bonds is 3. The first-order valence-electron chi connectivity index (χ1n) is 8.86. The molecule has 4 rings (SSSR count). The number of fused-ring (bicyclic) bond motifs is 1.